The quantitative estimate of drug-likeness (QED) is 0.791. The molecule has 3 heterocycles. The van der Waals surface area contributed by atoms with Crippen LogP contribution in [0.1, 0.15) is 12.0 Å². The van der Waals surface area contributed by atoms with Gasteiger partial charge in [-0.2, -0.15) is 0 Å². The molecular weight excluding hydrogens is 260 g/mol. The lowest BCUT2D eigenvalue weighted by Gasteiger charge is -2.42. The molecule has 2 atom stereocenters. The van der Waals surface area contributed by atoms with Crippen LogP contribution in [-0.2, 0) is 11.2 Å². The Morgan fingerprint density at radius 1 is 1.24 bits per heavy atom. The number of fused-ring (bicyclic) bond motifs is 3. The predicted molar refractivity (Wildman–Crippen MR) is 84.3 cm³/mol. The fourth-order valence-corrected chi connectivity index (χ4v) is 3.53. The minimum absolute atomic E-state index is 0.440. The molecule has 0 N–H and O–H groups in total. The first-order valence-corrected chi connectivity index (χ1v) is 7.63. The van der Waals surface area contributed by atoms with Gasteiger partial charge in [0.15, 0.2) is 0 Å². The summed E-state index contributed by atoms with van der Waals surface area (Å²) in [6.07, 6.45) is 6.40. The van der Waals surface area contributed by atoms with Crippen LogP contribution in [0.15, 0.2) is 48.2 Å². The van der Waals surface area contributed by atoms with Crippen LogP contribution in [-0.4, -0.2) is 42.2 Å². The molecule has 1 fully saturated rings. The highest BCUT2D eigenvalue weighted by molar-refractivity contribution is 5.81. The number of hydrogen-bond acceptors (Lipinski definition) is 3. The number of likely N-dealkylation sites (N-methyl/N-ethyl adjacent to an activating group) is 1. The van der Waals surface area contributed by atoms with Crippen molar-refractivity contribution < 1.29 is 4.74 Å². The molecule has 0 amide bonds. The fourth-order valence-electron chi connectivity index (χ4n) is 3.53. The molecule has 2 aliphatic heterocycles. The van der Waals surface area contributed by atoms with E-state index in [1.165, 1.54) is 16.5 Å². The van der Waals surface area contributed by atoms with Crippen molar-refractivity contribution in [1.82, 2.24) is 9.88 Å². The maximum absolute atomic E-state index is 5.68. The van der Waals surface area contributed by atoms with Crippen molar-refractivity contribution in [2.75, 3.05) is 20.3 Å². The van der Waals surface area contributed by atoms with Crippen LogP contribution in [0, 0.1) is 0 Å². The van der Waals surface area contributed by atoms with Crippen LogP contribution in [0.5, 0.6) is 0 Å². The summed E-state index contributed by atoms with van der Waals surface area (Å²) >= 11 is 0. The lowest BCUT2D eigenvalue weighted by atomic mass is 9.90. The minimum Gasteiger partial charge on any atom is -0.378 e. The van der Waals surface area contributed by atoms with Crippen LogP contribution in [0.2, 0.25) is 0 Å². The third-order valence-electron chi connectivity index (χ3n) is 4.76. The van der Waals surface area contributed by atoms with Gasteiger partial charge in [-0.3, -0.25) is 9.88 Å². The molecule has 0 aliphatic carbocycles. The van der Waals surface area contributed by atoms with Gasteiger partial charge in [-0.1, -0.05) is 35.9 Å². The zero-order chi connectivity index (χ0) is 14.2. The number of benzene rings is 1. The molecule has 1 saturated heterocycles. The van der Waals surface area contributed by atoms with Crippen molar-refractivity contribution in [1.29, 1.82) is 0 Å². The summed E-state index contributed by atoms with van der Waals surface area (Å²) < 4.78 is 5.68. The predicted octanol–water partition coefficient (Wildman–Crippen LogP) is 2.81. The van der Waals surface area contributed by atoms with E-state index in [0.717, 1.165) is 31.6 Å². The highest BCUT2D eigenvalue weighted by Crippen LogP contribution is 2.28. The Morgan fingerprint density at radius 2 is 2.14 bits per heavy atom. The summed E-state index contributed by atoms with van der Waals surface area (Å²) in [6.45, 7) is 1.68. The van der Waals surface area contributed by atoms with E-state index in [1.807, 2.05) is 12.3 Å². The van der Waals surface area contributed by atoms with E-state index in [2.05, 4.69) is 47.3 Å². The molecule has 3 heteroatoms. The molecule has 1 aromatic carbocycles. The molecule has 2 bridgehead atoms. The average molecular weight is 280 g/mol. The Kier molecular flexibility index (Phi) is 3.24. The molecule has 21 heavy (non-hydrogen) atoms. The second-order valence-corrected chi connectivity index (χ2v) is 6.12. The third-order valence-corrected chi connectivity index (χ3v) is 4.76. The van der Waals surface area contributed by atoms with E-state index in [4.69, 9.17) is 4.74 Å². The van der Waals surface area contributed by atoms with Gasteiger partial charge in [-0.05, 0) is 31.5 Å². The number of morpholine rings is 1. The second-order valence-electron chi connectivity index (χ2n) is 6.12. The molecule has 1 aromatic heterocycles. The number of ether oxygens (including phenoxy) is 1. The number of para-hydroxylation sites is 1. The fraction of sp³-hybridized carbons (Fsp3) is 0.389. The number of nitrogens with zero attached hydrogens (tertiary/aromatic N) is 2. The number of hydrogen-bond donors (Lipinski definition) is 0. The van der Waals surface area contributed by atoms with Gasteiger partial charge in [-0.15, -0.1) is 0 Å². The smallest absolute Gasteiger partial charge is 0.0737 e. The van der Waals surface area contributed by atoms with Gasteiger partial charge in [0.1, 0.15) is 0 Å². The Morgan fingerprint density at radius 3 is 3.05 bits per heavy atom. The van der Waals surface area contributed by atoms with E-state index in [9.17, 15) is 0 Å². The summed E-state index contributed by atoms with van der Waals surface area (Å²) in [7, 11) is 2.21. The highest BCUT2D eigenvalue weighted by atomic mass is 16.5. The average Bonchev–Trinajstić information content (AvgIpc) is 2.49. The molecule has 0 spiro atoms. The molecule has 0 saturated carbocycles. The molecule has 0 radical (unpaired) electrons. The first kappa shape index (κ1) is 13.0. The van der Waals surface area contributed by atoms with E-state index in [1.54, 1.807) is 0 Å². The van der Waals surface area contributed by atoms with Crippen molar-refractivity contribution in [2.45, 2.75) is 24.9 Å². The standard InChI is InChI=1S/C18H20N2O/c1-20-16-9-13(10-17(20)12-21-11-16)8-15-5-2-4-14-6-3-7-19-18(14)15/h2-7,9,16-17H,8,10-12H2,1H3. The van der Waals surface area contributed by atoms with Gasteiger partial charge in [0.05, 0.1) is 24.8 Å². The molecule has 2 aromatic rings. The summed E-state index contributed by atoms with van der Waals surface area (Å²) in [5.41, 5.74) is 4.01. The number of rotatable bonds is 2. The van der Waals surface area contributed by atoms with E-state index in [0.29, 0.717) is 12.1 Å². The summed E-state index contributed by atoms with van der Waals surface area (Å²) in [5.74, 6) is 0. The highest BCUT2D eigenvalue weighted by Gasteiger charge is 2.31. The SMILES string of the molecule is CN1C2C=C(Cc3cccc4cccnc34)CC1COC2. The molecule has 4 rings (SSSR count). The van der Waals surface area contributed by atoms with Gasteiger partial charge in [0, 0.05) is 17.6 Å². The molecule has 108 valence electrons. The molecule has 3 nitrogen and oxygen atoms in total. The maximum atomic E-state index is 5.68. The molecular formula is C18H20N2O. The molecule has 2 unspecified atom stereocenters. The largest absolute Gasteiger partial charge is 0.378 e. The normalized spacial score (nSPS) is 25.9. The summed E-state index contributed by atoms with van der Waals surface area (Å²) in [6, 6.07) is 11.6. The lowest BCUT2D eigenvalue weighted by Crippen LogP contribution is -2.51. The van der Waals surface area contributed by atoms with Crippen molar-refractivity contribution in [2.24, 2.45) is 0 Å². The Labute approximate surface area is 125 Å². The van der Waals surface area contributed by atoms with Crippen molar-refractivity contribution in [3.05, 3.63) is 53.7 Å². The Balaban J connectivity index is 1.66. The van der Waals surface area contributed by atoms with Crippen molar-refractivity contribution in [3.8, 4) is 0 Å². The van der Waals surface area contributed by atoms with Crippen LogP contribution < -0.4 is 0 Å². The first-order chi connectivity index (χ1) is 10.3. The topological polar surface area (TPSA) is 25.4 Å². The van der Waals surface area contributed by atoms with Gasteiger partial charge in [-0.25, -0.2) is 0 Å². The summed E-state index contributed by atoms with van der Waals surface area (Å²) in [5, 5.41) is 1.23. The second kappa shape index (κ2) is 5.24. The van der Waals surface area contributed by atoms with Gasteiger partial charge < -0.3 is 4.74 Å². The van der Waals surface area contributed by atoms with Crippen LogP contribution in [0.25, 0.3) is 10.9 Å². The van der Waals surface area contributed by atoms with E-state index >= 15 is 0 Å². The third kappa shape index (κ3) is 2.37. The minimum atomic E-state index is 0.440. The zero-order valence-corrected chi connectivity index (χ0v) is 12.3. The van der Waals surface area contributed by atoms with Gasteiger partial charge >= 0.3 is 0 Å². The maximum Gasteiger partial charge on any atom is 0.0737 e. The van der Waals surface area contributed by atoms with E-state index < -0.39 is 0 Å². The van der Waals surface area contributed by atoms with Crippen LogP contribution in [0.3, 0.4) is 0 Å². The first-order valence-electron chi connectivity index (χ1n) is 7.63. The summed E-state index contributed by atoms with van der Waals surface area (Å²) in [4.78, 5) is 7.02. The Hall–Kier alpha value is -1.71. The Bertz CT molecular complexity index is 689. The van der Waals surface area contributed by atoms with Crippen molar-refractivity contribution >= 4 is 10.9 Å². The van der Waals surface area contributed by atoms with Gasteiger partial charge in [0.2, 0.25) is 0 Å². The lowest BCUT2D eigenvalue weighted by molar-refractivity contribution is -0.0260. The monoisotopic (exact) mass is 280 g/mol. The zero-order valence-electron chi connectivity index (χ0n) is 12.3. The number of aromatic nitrogens is 1. The van der Waals surface area contributed by atoms with Crippen LogP contribution in [0.4, 0.5) is 0 Å². The van der Waals surface area contributed by atoms with Gasteiger partial charge in [0.25, 0.3) is 0 Å². The molecule has 2 aliphatic rings. The number of pyridine rings is 1. The van der Waals surface area contributed by atoms with E-state index in [-0.39, 0.29) is 0 Å². The van der Waals surface area contributed by atoms with Crippen molar-refractivity contribution in [3.63, 3.8) is 0 Å². The van der Waals surface area contributed by atoms with Crippen LogP contribution >= 0.6 is 0 Å².